The fraction of sp³-hybridized carbons (Fsp3) is 0.750. The molecule has 0 radical (unpaired) electrons. The Labute approximate surface area is 156 Å². The molecule has 0 aromatic heterocycles. The number of Topliss-reactive ketones (excluding diaryl/α,β-unsaturated/α-hetero) is 2. The minimum Gasteiger partial charge on any atom is -0.459 e. The summed E-state index contributed by atoms with van der Waals surface area (Å²) in [6.07, 6.45) is 2.88. The normalized spacial score (nSPS) is 18.5. The molecule has 6 nitrogen and oxygen atoms in total. The Hall–Kier alpha value is -1.69. The van der Waals surface area contributed by atoms with Gasteiger partial charge in [-0.25, -0.2) is 0 Å². The van der Waals surface area contributed by atoms with Crippen molar-refractivity contribution in [3.05, 3.63) is 11.3 Å². The van der Waals surface area contributed by atoms with Gasteiger partial charge in [0, 0.05) is 25.1 Å². The van der Waals surface area contributed by atoms with Gasteiger partial charge in [-0.05, 0) is 52.4 Å². The van der Waals surface area contributed by atoms with Gasteiger partial charge in [-0.2, -0.15) is 0 Å². The van der Waals surface area contributed by atoms with E-state index in [1.807, 2.05) is 34.6 Å². The number of nitrogens with two attached hydrogens (primary N) is 1. The van der Waals surface area contributed by atoms with Gasteiger partial charge in [0.05, 0.1) is 5.57 Å². The number of ether oxygens (including phenoxy) is 1. The minimum atomic E-state index is -0.627. The van der Waals surface area contributed by atoms with E-state index < -0.39 is 11.6 Å². The average molecular weight is 367 g/mol. The van der Waals surface area contributed by atoms with E-state index >= 15 is 0 Å². The van der Waals surface area contributed by atoms with E-state index in [0.29, 0.717) is 37.1 Å². The molecule has 0 amide bonds. The van der Waals surface area contributed by atoms with Gasteiger partial charge in [-0.3, -0.25) is 14.4 Å². The molecule has 0 heterocycles. The number of carbonyl (C=O) groups excluding carboxylic acids is 3. The molecule has 1 rings (SSSR count). The summed E-state index contributed by atoms with van der Waals surface area (Å²) in [5.74, 6) is -0.545. The summed E-state index contributed by atoms with van der Waals surface area (Å²) in [5.41, 5.74) is 6.02. The van der Waals surface area contributed by atoms with Gasteiger partial charge in [-0.15, -0.1) is 0 Å². The van der Waals surface area contributed by atoms with E-state index in [4.69, 9.17) is 10.5 Å². The number of hydrogen-bond acceptors (Lipinski definition) is 6. The Morgan fingerprint density at radius 2 is 1.73 bits per heavy atom. The third-order valence-corrected chi connectivity index (χ3v) is 4.25. The lowest BCUT2D eigenvalue weighted by Gasteiger charge is -2.29. The van der Waals surface area contributed by atoms with Crippen molar-refractivity contribution in [3.8, 4) is 0 Å². The number of ketones is 2. The molecule has 1 saturated carbocycles. The molecule has 1 fully saturated rings. The zero-order valence-corrected chi connectivity index (χ0v) is 17.0. The molecular weight excluding hydrogens is 332 g/mol. The number of nitrogens with one attached hydrogen (secondary N) is 1. The number of unbranched alkanes of at least 4 members (excludes halogenated alkanes) is 1. The summed E-state index contributed by atoms with van der Waals surface area (Å²) in [6, 6.07) is -0.627. The van der Waals surface area contributed by atoms with E-state index in [9.17, 15) is 14.4 Å². The summed E-state index contributed by atoms with van der Waals surface area (Å²) < 4.78 is 5.25. The monoisotopic (exact) mass is 366 g/mol. The maximum Gasteiger partial charge on any atom is 0.323 e. The predicted octanol–water partition coefficient (Wildman–Crippen LogP) is 2.65. The summed E-state index contributed by atoms with van der Waals surface area (Å²) in [5, 5.41) is 3.16. The second-order valence-electron chi connectivity index (χ2n) is 8.93. The standard InChI is InChI=1S/C20H34N2O4/c1-13(17-15(23)11-20(5,6)12-16(17)24)22-10-8-7-9-14(21)18(25)26-19(2,3)4/h14,22H,7-12,21H2,1-6H3/t14-/m0/s1. The van der Waals surface area contributed by atoms with Crippen molar-refractivity contribution in [2.45, 2.75) is 85.3 Å². The molecule has 0 aromatic carbocycles. The third kappa shape index (κ3) is 7.28. The van der Waals surface area contributed by atoms with Gasteiger partial charge in [0.15, 0.2) is 11.6 Å². The first-order chi connectivity index (χ1) is 11.8. The maximum atomic E-state index is 12.2. The highest BCUT2D eigenvalue weighted by atomic mass is 16.6. The fourth-order valence-electron chi connectivity index (χ4n) is 3.03. The van der Waals surface area contributed by atoms with Gasteiger partial charge in [0.25, 0.3) is 0 Å². The Bertz CT molecular complexity index is 563. The first-order valence-electron chi connectivity index (χ1n) is 9.32. The van der Waals surface area contributed by atoms with Crippen LogP contribution in [-0.2, 0) is 19.1 Å². The summed E-state index contributed by atoms with van der Waals surface area (Å²) in [7, 11) is 0. The largest absolute Gasteiger partial charge is 0.459 e. The van der Waals surface area contributed by atoms with E-state index in [-0.39, 0.29) is 23.0 Å². The minimum absolute atomic E-state index is 0.0804. The van der Waals surface area contributed by atoms with Gasteiger partial charge in [0.1, 0.15) is 11.6 Å². The lowest BCUT2D eigenvalue weighted by Crippen LogP contribution is -2.37. The lowest BCUT2D eigenvalue weighted by atomic mass is 9.73. The molecule has 0 aliphatic heterocycles. The molecule has 1 atom stereocenters. The second kappa shape index (κ2) is 8.80. The molecule has 0 unspecified atom stereocenters. The second-order valence-corrected chi connectivity index (χ2v) is 8.93. The topological polar surface area (TPSA) is 98.5 Å². The van der Waals surface area contributed by atoms with Crippen LogP contribution in [0.4, 0.5) is 0 Å². The van der Waals surface area contributed by atoms with Crippen LogP contribution in [-0.4, -0.2) is 35.7 Å². The predicted molar refractivity (Wildman–Crippen MR) is 101 cm³/mol. The highest BCUT2D eigenvalue weighted by Crippen LogP contribution is 2.34. The zero-order chi connectivity index (χ0) is 20.1. The van der Waals surface area contributed by atoms with E-state index in [0.717, 1.165) is 12.8 Å². The number of esters is 1. The van der Waals surface area contributed by atoms with Crippen LogP contribution in [0.15, 0.2) is 11.3 Å². The van der Waals surface area contributed by atoms with E-state index in [1.165, 1.54) is 0 Å². The third-order valence-electron chi connectivity index (χ3n) is 4.25. The molecule has 0 saturated heterocycles. The van der Waals surface area contributed by atoms with Gasteiger partial charge in [0.2, 0.25) is 0 Å². The van der Waals surface area contributed by atoms with Crippen LogP contribution in [0.1, 0.15) is 73.6 Å². The highest BCUT2D eigenvalue weighted by Gasteiger charge is 2.36. The van der Waals surface area contributed by atoms with Crippen LogP contribution in [0, 0.1) is 5.41 Å². The molecule has 3 N–H and O–H groups in total. The van der Waals surface area contributed by atoms with E-state index in [2.05, 4.69) is 5.32 Å². The molecule has 1 aliphatic carbocycles. The van der Waals surface area contributed by atoms with Gasteiger partial charge in [-0.1, -0.05) is 13.8 Å². The first-order valence-corrected chi connectivity index (χ1v) is 9.32. The Balaban J connectivity index is 2.40. The molecule has 1 aliphatic rings. The van der Waals surface area contributed by atoms with Crippen LogP contribution in [0.5, 0.6) is 0 Å². The van der Waals surface area contributed by atoms with Crippen LogP contribution in [0.2, 0.25) is 0 Å². The Morgan fingerprint density at radius 3 is 2.23 bits per heavy atom. The van der Waals surface area contributed by atoms with Crippen LogP contribution in [0.3, 0.4) is 0 Å². The van der Waals surface area contributed by atoms with Gasteiger partial charge < -0.3 is 15.8 Å². The number of carbonyl (C=O) groups is 3. The SMILES string of the molecule is CC(NCCCC[C@H](N)C(=O)OC(C)(C)C)=C1C(=O)CC(C)(C)CC1=O. The molecule has 148 valence electrons. The smallest absolute Gasteiger partial charge is 0.323 e. The molecule has 6 heteroatoms. The lowest BCUT2D eigenvalue weighted by molar-refractivity contribution is -0.156. The summed E-state index contributed by atoms with van der Waals surface area (Å²) >= 11 is 0. The number of allylic oxidation sites excluding steroid dienone is 2. The quantitative estimate of drug-likeness (QED) is 0.311. The van der Waals surface area contributed by atoms with Crippen LogP contribution in [0.25, 0.3) is 0 Å². The molecule has 0 spiro atoms. The van der Waals surface area contributed by atoms with Crippen LogP contribution < -0.4 is 11.1 Å². The van der Waals surface area contributed by atoms with Crippen LogP contribution >= 0.6 is 0 Å². The van der Waals surface area contributed by atoms with Crippen molar-refractivity contribution in [3.63, 3.8) is 0 Å². The summed E-state index contributed by atoms with van der Waals surface area (Å²) in [6.45, 7) is 11.7. The molecule has 0 bridgehead atoms. The molecular formula is C20H34N2O4. The van der Waals surface area contributed by atoms with Gasteiger partial charge >= 0.3 is 5.97 Å². The van der Waals surface area contributed by atoms with Crippen molar-refractivity contribution >= 4 is 17.5 Å². The van der Waals surface area contributed by atoms with Crippen molar-refractivity contribution in [2.75, 3.05) is 6.54 Å². The molecule has 0 aromatic rings. The van der Waals surface area contributed by atoms with Crippen molar-refractivity contribution in [1.29, 1.82) is 0 Å². The molecule has 26 heavy (non-hydrogen) atoms. The summed E-state index contributed by atoms with van der Waals surface area (Å²) in [4.78, 5) is 36.3. The zero-order valence-electron chi connectivity index (χ0n) is 17.0. The Kier molecular flexibility index (Phi) is 7.57. The average Bonchev–Trinajstić information content (AvgIpc) is 2.42. The Morgan fingerprint density at radius 1 is 1.19 bits per heavy atom. The highest BCUT2D eigenvalue weighted by molar-refractivity contribution is 6.22. The number of rotatable bonds is 7. The maximum absolute atomic E-state index is 12.2. The first kappa shape index (κ1) is 22.4. The van der Waals surface area contributed by atoms with Crippen molar-refractivity contribution in [2.24, 2.45) is 11.1 Å². The van der Waals surface area contributed by atoms with Crippen molar-refractivity contribution in [1.82, 2.24) is 5.32 Å². The van der Waals surface area contributed by atoms with E-state index in [1.54, 1.807) is 6.92 Å². The number of hydrogen-bond donors (Lipinski definition) is 2. The fourth-order valence-corrected chi connectivity index (χ4v) is 3.03. The van der Waals surface area contributed by atoms with Crippen molar-refractivity contribution < 1.29 is 19.1 Å².